The van der Waals surface area contributed by atoms with Crippen molar-refractivity contribution < 1.29 is 9.53 Å². The zero-order valence-corrected chi connectivity index (χ0v) is 6.73. The number of rotatable bonds is 2. The highest BCUT2D eigenvalue weighted by Gasteiger charge is 2.33. The first-order valence-corrected chi connectivity index (χ1v) is 3.98. The van der Waals surface area contributed by atoms with Gasteiger partial charge in [0, 0.05) is 5.38 Å². The van der Waals surface area contributed by atoms with Gasteiger partial charge in [-0.2, -0.15) is 0 Å². The van der Waals surface area contributed by atoms with E-state index in [-0.39, 0.29) is 17.3 Å². The van der Waals surface area contributed by atoms with E-state index in [2.05, 4.69) is 0 Å². The van der Waals surface area contributed by atoms with E-state index in [9.17, 15) is 4.79 Å². The van der Waals surface area contributed by atoms with Gasteiger partial charge in [0.2, 0.25) is 0 Å². The topological polar surface area (TPSA) is 26.3 Å². The van der Waals surface area contributed by atoms with Crippen LogP contribution < -0.4 is 0 Å². The Morgan fingerprint density at radius 3 is 2.70 bits per heavy atom. The van der Waals surface area contributed by atoms with Gasteiger partial charge in [-0.05, 0) is 19.8 Å². The summed E-state index contributed by atoms with van der Waals surface area (Å²) in [7, 11) is 0. The molecule has 1 saturated carbocycles. The third-order valence-corrected chi connectivity index (χ3v) is 2.06. The normalized spacial score (nSPS) is 31.0. The Balaban J connectivity index is 2.18. The first-order chi connectivity index (χ1) is 4.74. The minimum absolute atomic E-state index is 0.0839. The molecule has 0 radical (unpaired) electrons. The molecule has 1 rings (SSSR count). The third-order valence-electron chi connectivity index (χ3n) is 1.70. The number of alkyl halides is 1. The molecular weight excluding hydrogens is 152 g/mol. The first kappa shape index (κ1) is 7.86. The van der Waals surface area contributed by atoms with Crippen LogP contribution in [0.3, 0.4) is 0 Å². The number of carbonyl (C=O) groups is 1. The van der Waals surface area contributed by atoms with Gasteiger partial charge in [-0.25, -0.2) is 0 Å². The van der Waals surface area contributed by atoms with Gasteiger partial charge in [0.25, 0.3) is 0 Å². The summed E-state index contributed by atoms with van der Waals surface area (Å²) in [6.45, 7) is 2.29. The van der Waals surface area contributed by atoms with E-state index in [1.165, 1.54) is 0 Å². The van der Waals surface area contributed by atoms with Crippen LogP contribution in [0, 0.1) is 5.92 Å². The van der Waals surface area contributed by atoms with Gasteiger partial charge >= 0.3 is 5.97 Å². The zero-order valence-electron chi connectivity index (χ0n) is 5.97. The van der Waals surface area contributed by atoms with E-state index in [0.717, 1.165) is 12.8 Å². The van der Waals surface area contributed by atoms with Crippen molar-refractivity contribution in [1.29, 1.82) is 0 Å². The SMILES string of the molecule is CCOC(=O)C1CC(Cl)C1. The van der Waals surface area contributed by atoms with Crippen LogP contribution >= 0.6 is 11.6 Å². The molecule has 0 saturated heterocycles. The van der Waals surface area contributed by atoms with Gasteiger partial charge in [-0.3, -0.25) is 4.79 Å². The van der Waals surface area contributed by atoms with E-state index >= 15 is 0 Å². The van der Waals surface area contributed by atoms with Gasteiger partial charge in [-0.1, -0.05) is 0 Å². The Labute approximate surface area is 65.5 Å². The van der Waals surface area contributed by atoms with Crippen LogP contribution in [0.25, 0.3) is 0 Å². The molecule has 1 aliphatic carbocycles. The van der Waals surface area contributed by atoms with E-state index in [4.69, 9.17) is 16.3 Å². The van der Waals surface area contributed by atoms with Crippen molar-refractivity contribution in [1.82, 2.24) is 0 Å². The fraction of sp³-hybridized carbons (Fsp3) is 0.857. The van der Waals surface area contributed by atoms with Crippen molar-refractivity contribution in [2.24, 2.45) is 5.92 Å². The largest absolute Gasteiger partial charge is 0.466 e. The smallest absolute Gasteiger partial charge is 0.309 e. The van der Waals surface area contributed by atoms with Crippen LogP contribution in [0.5, 0.6) is 0 Å². The number of carbonyl (C=O) groups excluding carboxylic acids is 1. The minimum Gasteiger partial charge on any atom is -0.466 e. The molecule has 0 heterocycles. The molecule has 10 heavy (non-hydrogen) atoms. The average molecular weight is 163 g/mol. The summed E-state index contributed by atoms with van der Waals surface area (Å²) in [4.78, 5) is 10.9. The lowest BCUT2D eigenvalue weighted by Crippen LogP contribution is -2.32. The lowest BCUT2D eigenvalue weighted by Gasteiger charge is -2.28. The predicted molar refractivity (Wildman–Crippen MR) is 39.0 cm³/mol. The predicted octanol–water partition coefficient (Wildman–Crippen LogP) is 1.57. The summed E-state index contributed by atoms with van der Waals surface area (Å²) in [5, 5.41) is 0.203. The van der Waals surface area contributed by atoms with Gasteiger partial charge < -0.3 is 4.74 Å². The Bertz CT molecular complexity index is 130. The van der Waals surface area contributed by atoms with E-state index < -0.39 is 0 Å². The van der Waals surface area contributed by atoms with Crippen molar-refractivity contribution in [3.8, 4) is 0 Å². The number of ether oxygens (including phenoxy) is 1. The molecule has 1 fully saturated rings. The van der Waals surface area contributed by atoms with Gasteiger partial charge in [-0.15, -0.1) is 11.6 Å². The monoisotopic (exact) mass is 162 g/mol. The van der Waals surface area contributed by atoms with Crippen LogP contribution in [0.1, 0.15) is 19.8 Å². The fourth-order valence-corrected chi connectivity index (χ4v) is 1.43. The zero-order chi connectivity index (χ0) is 7.56. The van der Waals surface area contributed by atoms with Gasteiger partial charge in [0.05, 0.1) is 12.5 Å². The number of hydrogen-bond donors (Lipinski definition) is 0. The van der Waals surface area contributed by atoms with Crippen molar-refractivity contribution in [2.45, 2.75) is 25.1 Å². The van der Waals surface area contributed by atoms with Crippen molar-refractivity contribution in [3.05, 3.63) is 0 Å². The molecule has 58 valence electrons. The lowest BCUT2D eigenvalue weighted by molar-refractivity contribution is -0.150. The minimum atomic E-state index is -0.0839. The Morgan fingerprint density at radius 1 is 1.70 bits per heavy atom. The summed E-state index contributed by atoms with van der Waals surface area (Å²) in [6.07, 6.45) is 1.58. The highest BCUT2D eigenvalue weighted by molar-refractivity contribution is 6.21. The Kier molecular flexibility index (Phi) is 2.55. The van der Waals surface area contributed by atoms with Crippen LogP contribution in [0.4, 0.5) is 0 Å². The second-order valence-corrected chi connectivity index (χ2v) is 3.13. The summed E-state index contributed by atoms with van der Waals surface area (Å²) in [5.74, 6) is 0.00171. The maximum absolute atomic E-state index is 10.9. The van der Waals surface area contributed by atoms with E-state index in [0.29, 0.717) is 6.61 Å². The molecule has 1 aliphatic rings. The van der Waals surface area contributed by atoms with E-state index in [1.807, 2.05) is 6.92 Å². The fourth-order valence-electron chi connectivity index (χ4n) is 1.00. The maximum Gasteiger partial charge on any atom is 0.309 e. The molecule has 3 heteroatoms. The molecule has 0 aromatic carbocycles. The van der Waals surface area contributed by atoms with Crippen LogP contribution in [-0.4, -0.2) is 18.0 Å². The number of hydrogen-bond acceptors (Lipinski definition) is 2. The quantitative estimate of drug-likeness (QED) is 0.455. The Hall–Kier alpha value is -0.240. The van der Waals surface area contributed by atoms with Gasteiger partial charge in [0.1, 0.15) is 0 Å². The summed E-state index contributed by atoms with van der Waals surface area (Å²) >= 11 is 5.68. The molecular formula is C7H11ClO2. The van der Waals surface area contributed by atoms with Gasteiger partial charge in [0.15, 0.2) is 0 Å². The molecule has 0 unspecified atom stereocenters. The lowest BCUT2D eigenvalue weighted by atomic mass is 9.85. The van der Waals surface area contributed by atoms with Crippen molar-refractivity contribution >= 4 is 17.6 Å². The molecule has 0 atom stereocenters. The number of esters is 1. The summed E-state index contributed by atoms with van der Waals surface area (Å²) in [5.41, 5.74) is 0. The molecule has 0 aromatic rings. The molecule has 0 bridgehead atoms. The molecule has 0 spiro atoms. The summed E-state index contributed by atoms with van der Waals surface area (Å²) in [6, 6.07) is 0. The van der Waals surface area contributed by atoms with Crippen LogP contribution in [0.2, 0.25) is 0 Å². The maximum atomic E-state index is 10.9. The molecule has 0 N–H and O–H groups in total. The second kappa shape index (κ2) is 3.24. The van der Waals surface area contributed by atoms with Crippen molar-refractivity contribution in [3.63, 3.8) is 0 Å². The standard InChI is InChI=1S/C7H11ClO2/c1-2-10-7(9)5-3-6(8)4-5/h5-6H,2-4H2,1H3. The number of halogens is 1. The van der Waals surface area contributed by atoms with Crippen LogP contribution in [-0.2, 0) is 9.53 Å². The highest BCUT2D eigenvalue weighted by Crippen LogP contribution is 2.32. The summed E-state index contributed by atoms with van der Waals surface area (Å²) < 4.78 is 4.80. The first-order valence-electron chi connectivity index (χ1n) is 3.54. The van der Waals surface area contributed by atoms with Crippen molar-refractivity contribution in [2.75, 3.05) is 6.61 Å². The van der Waals surface area contributed by atoms with Crippen LogP contribution in [0.15, 0.2) is 0 Å². The second-order valence-electron chi connectivity index (χ2n) is 2.52. The molecule has 0 amide bonds. The molecule has 0 aromatic heterocycles. The molecule has 0 aliphatic heterocycles. The third kappa shape index (κ3) is 1.63. The molecule has 2 nitrogen and oxygen atoms in total. The van der Waals surface area contributed by atoms with E-state index in [1.54, 1.807) is 0 Å². The Morgan fingerprint density at radius 2 is 2.30 bits per heavy atom. The highest BCUT2D eigenvalue weighted by atomic mass is 35.5. The average Bonchev–Trinajstić information content (AvgIpc) is 1.82.